The second-order valence-electron chi connectivity index (χ2n) is 3.30. The quantitative estimate of drug-likeness (QED) is 0.763. The summed E-state index contributed by atoms with van der Waals surface area (Å²) in [6, 6.07) is 4.68. The number of hydrogen-bond donors (Lipinski definition) is 0. The Morgan fingerprint density at radius 3 is 2.35 bits per heavy atom. The van der Waals surface area contributed by atoms with Gasteiger partial charge in [0, 0.05) is 0 Å². The van der Waals surface area contributed by atoms with Crippen LogP contribution in [-0.2, 0) is 15.7 Å². The fraction of sp³-hybridized carbons (Fsp3) is 0.250. The van der Waals surface area contributed by atoms with Crippen LogP contribution in [0.1, 0.15) is 17.5 Å². The second-order valence-corrected chi connectivity index (χ2v) is 3.30. The van der Waals surface area contributed by atoms with Gasteiger partial charge in [0.15, 0.2) is 0 Å². The molecule has 0 aliphatic carbocycles. The highest BCUT2D eigenvalue weighted by atomic mass is 19.4. The number of esters is 1. The van der Waals surface area contributed by atoms with Crippen LogP contribution in [-0.4, -0.2) is 13.1 Å². The lowest BCUT2D eigenvalue weighted by Gasteiger charge is -2.05. The fourth-order valence-electron chi connectivity index (χ4n) is 1.16. The summed E-state index contributed by atoms with van der Waals surface area (Å²) >= 11 is 0. The van der Waals surface area contributed by atoms with Crippen molar-refractivity contribution in [2.45, 2.75) is 12.6 Å². The first-order valence-electron chi connectivity index (χ1n) is 4.84. The van der Waals surface area contributed by atoms with Crippen LogP contribution < -0.4 is 0 Å². The Morgan fingerprint density at radius 1 is 1.29 bits per heavy atom. The molecule has 0 unspecified atom stereocenters. The average molecular weight is 244 g/mol. The molecule has 0 amide bonds. The number of ether oxygens (including phenoxy) is 1. The third kappa shape index (κ3) is 4.30. The van der Waals surface area contributed by atoms with Crippen LogP contribution in [0.3, 0.4) is 0 Å². The number of hydrogen-bond acceptors (Lipinski definition) is 2. The van der Waals surface area contributed by atoms with Gasteiger partial charge in [-0.2, -0.15) is 13.2 Å². The molecular formula is C12H11F3O2. The van der Waals surface area contributed by atoms with Gasteiger partial charge < -0.3 is 4.74 Å². The van der Waals surface area contributed by atoms with Gasteiger partial charge in [-0.3, -0.25) is 4.79 Å². The molecule has 0 atom stereocenters. The number of benzene rings is 1. The summed E-state index contributed by atoms with van der Waals surface area (Å²) in [5.74, 6) is -0.395. The minimum atomic E-state index is -4.33. The maximum Gasteiger partial charge on any atom is 0.416 e. The molecule has 0 saturated heterocycles. The summed E-state index contributed by atoms with van der Waals surface area (Å²) in [5, 5.41) is 0. The summed E-state index contributed by atoms with van der Waals surface area (Å²) in [6.07, 6.45) is -1.13. The van der Waals surface area contributed by atoms with E-state index in [1.807, 2.05) is 0 Å². The van der Waals surface area contributed by atoms with E-state index in [9.17, 15) is 18.0 Å². The maximum absolute atomic E-state index is 12.2. The highest BCUT2D eigenvalue weighted by Gasteiger charge is 2.29. The fourth-order valence-corrected chi connectivity index (χ4v) is 1.16. The van der Waals surface area contributed by atoms with E-state index in [1.165, 1.54) is 25.3 Å². The second kappa shape index (κ2) is 5.52. The number of rotatable bonds is 3. The molecule has 0 heterocycles. The maximum atomic E-state index is 12.2. The largest absolute Gasteiger partial charge is 0.469 e. The molecule has 0 bridgehead atoms. The monoisotopic (exact) mass is 244 g/mol. The van der Waals surface area contributed by atoms with Crippen molar-refractivity contribution in [1.82, 2.24) is 0 Å². The molecule has 0 N–H and O–H groups in total. The molecule has 2 nitrogen and oxygen atoms in total. The van der Waals surface area contributed by atoms with Crippen LogP contribution >= 0.6 is 0 Å². The zero-order valence-electron chi connectivity index (χ0n) is 9.12. The lowest BCUT2D eigenvalue weighted by molar-refractivity contribution is -0.139. The lowest BCUT2D eigenvalue weighted by Crippen LogP contribution is -2.03. The van der Waals surface area contributed by atoms with Gasteiger partial charge in [-0.1, -0.05) is 24.3 Å². The molecule has 0 spiro atoms. The van der Waals surface area contributed by atoms with Crippen molar-refractivity contribution in [2.24, 2.45) is 0 Å². The normalized spacial score (nSPS) is 11.8. The Balaban J connectivity index is 2.66. The highest BCUT2D eigenvalue weighted by molar-refractivity contribution is 5.72. The minimum absolute atomic E-state index is 0.0948. The van der Waals surface area contributed by atoms with Gasteiger partial charge in [0.1, 0.15) is 0 Å². The van der Waals surface area contributed by atoms with Crippen molar-refractivity contribution in [2.75, 3.05) is 7.11 Å². The van der Waals surface area contributed by atoms with Crippen molar-refractivity contribution < 1.29 is 22.7 Å². The van der Waals surface area contributed by atoms with E-state index in [0.717, 1.165) is 12.1 Å². The molecule has 0 saturated carbocycles. The van der Waals surface area contributed by atoms with Crippen LogP contribution in [0.15, 0.2) is 30.3 Å². The Hall–Kier alpha value is -1.78. The summed E-state index contributed by atoms with van der Waals surface area (Å²) in [5.41, 5.74) is -0.0930. The van der Waals surface area contributed by atoms with Crippen LogP contribution in [0.5, 0.6) is 0 Å². The van der Waals surface area contributed by atoms with E-state index in [4.69, 9.17) is 0 Å². The van der Waals surface area contributed by atoms with Crippen LogP contribution in [0.4, 0.5) is 13.2 Å². The lowest BCUT2D eigenvalue weighted by atomic mass is 10.1. The SMILES string of the molecule is COC(=O)CC=Cc1ccc(C(F)(F)F)cc1. The third-order valence-corrected chi connectivity index (χ3v) is 2.06. The Labute approximate surface area is 96.7 Å². The molecular weight excluding hydrogens is 233 g/mol. The van der Waals surface area contributed by atoms with Gasteiger partial charge in [-0.15, -0.1) is 0 Å². The Morgan fingerprint density at radius 2 is 1.88 bits per heavy atom. The van der Waals surface area contributed by atoms with E-state index < -0.39 is 17.7 Å². The Kier molecular flexibility index (Phi) is 4.31. The molecule has 0 aliphatic rings. The van der Waals surface area contributed by atoms with E-state index in [1.54, 1.807) is 6.08 Å². The predicted molar refractivity (Wildman–Crippen MR) is 57.1 cm³/mol. The number of carbonyl (C=O) groups excluding carboxylic acids is 1. The number of alkyl halides is 3. The molecule has 0 aromatic heterocycles. The summed E-state index contributed by atoms with van der Waals surface area (Å²) < 4.78 is 41.1. The van der Waals surface area contributed by atoms with Crippen molar-refractivity contribution in [3.05, 3.63) is 41.5 Å². The summed E-state index contributed by atoms with van der Waals surface area (Å²) in [4.78, 5) is 10.8. The van der Waals surface area contributed by atoms with Crippen molar-refractivity contribution >= 4 is 12.0 Å². The van der Waals surface area contributed by atoms with Crippen LogP contribution in [0, 0.1) is 0 Å². The summed E-state index contributed by atoms with van der Waals surface area (Å²) in [7, 11) is 1.27. The van der Waals surface area contributed by atoms with Crippen LogP contribution in [0.2, 0.25) is 0 Å². The molecule has 0 fully saturated rings. The van der Waals surface area contributed by atoms with E-state index >= 15 is 0 Å². The van der Waals surface area contributed by atoms with Gasteiger partial charge in [0.25, 0.3) is 0 Å². The van der Waals surface area contributed by atoms with E-state index in [-0.39, 0.29) is 6.42 Å². The zero-order chi connectivity index (χ0) is 12.9. The van der Waals surface area contributed by atoms with Crippen molar-refractivity contribution in [3.63, 3.8) is 0 Å². The number of halogens is 3. The molecule has 17 heavy (non-hydrogen) atoms. The third-order valence-electron chi connectivity index (χ3n) is 2.06. The topological polar surface area (TPSA) is 26.3 Å². The molecule has 0 aliphatic heterocycles. The molecule has 0 radical (unpaired) electrons. The predicted octanol–water partition coefficient (Wildman–Crippen LogP) is 3.28. The van der Waals surface area contributed by atoms with Crippen LogP contribution in [0.25, 0.3) is 6.08 Å². The van der Waals surface area contributed by atoms with Gasteiger partial charge in [-0.05, 0) is 17.7 Å². The van der Waals surface area contributed by atoms with Crippen molar-refractivity contribution in [3.8, 4) is 0 Å². The molecule has 1 aromatic rings. The van der Waals surface area contributed by atoms with E-state index in [2.05, 4.69) is 4.74 Å². The zero-order valence-corrected chi connectivity index (χ0v) is 9.12. The first-order valence-corrected chi connectivity index (χ1v) is 4.84. The average Bonchev–Trinajstić information content (AvgIpc) is 2.28. The minimum Gasteiger partial charge on any atom is -0.469 e. The molecule has 1 rings (SSSR count). The molecule has 5 heteroatoms. The van der Waals surface area contributed by atoms with Gasteiger partial charge in [0.05, 0.1) is 19.1 Å². The van der Waals surface area contributed by atoms with Crippen molar-refractivity contribution in [1.29, 1.82) is 0 Å². The van der Waals surface area contributed by atoms with Gasteiger partial charge in [-0.25, -0.2) is 0 Å². The highest BCUT2D eigenvalue weighted by Crippen LogP contribution is 2.29. The number of methoxy groups -OCH3 is 1. The first-order chi connectivity index (χ1) is 7.93. The smallest absolute Gasteiger partial charge is 0.416 e. The summed E-state index contributed by atoms with van der Waals surface area (Å²) in [6.45, 7) is 0. The van der Waals surface area contributed by atoms with Gasteiger partial charge >= 0.3 is 12.1 Å². The Bertz CT molecular complexity index is 405. The number of carbonyl (C=O) groups is 1. The molecule has 1 aromatic carbocycles. The molecule has 92 valence electrons. The standard InChI is InChI=1S/C12H11F3O2/c1-17-11(16)4-2-3-9-5-7-10(8-6-9)12(13,14)15/h2-3,5-8H,4H2,1H3. The van der Waals surface area contributed by atoms with E-state index in [0.29, 0.717) is 5.56 Å². The first kappa shape index (κ1) is 13.3. The van der Waals surface area contributed by atoms with Gasteiger partial charge in [0.2, 0.25) is 0 Å².